The second kappa shape index (κ2) is 5.97. The van der Waals surface area contributed by atoms with E-state index in [1.807, 2.05) is 6.92 Å². The van der Waals surface area contributed by atoms with Crippen LogP contribution in [0.25, 0.3) is 0 Å². The van der Waals surface area contributed by atoms with Gasteiger partial charge < -0.3 is 11.1 Å². The van der Waals surface area contributed by atoms with Crippen LogP contribution in [0.3, 0.4) is 0 Å². The minimum absolute atomic E-state index is 0.255. The lowest BCUT2D eigenvalue weighted by Crippen LogP contribution is -2.28. The maximum absolute atomic E-state index is 5.95. The first-order valence-electron chi connectivity index (χ1n) is 9.82. The third kappa shape index (κ3) is 2.67. The number of nitrogens with one attached hydrogen (secondary N) is 1. The molecule has 2 aliphatic carbocycles. The Kier molecular flexibility index (Phi) is 3.98. The summed E-state index contributed by atoms with van der Waals surface area (Å²) in [6.07, 6.45) is 9.54. The fraction of sp³-hybridized carbons (Fsp3) is 0.545. The number of nitrogen functional groups attached to an aromatic ring is 1. The molecule has 1 heterocycles. The van der Waals surface area contributed by atoms with Gasteiger partial charge in [0.1, 0.15) is 18.0 Å². The third-order valence-electron chi connectivity index (χ3n) is 6.56. The molecule has 4 nitrogen and oxygen atoms in total. The van der Waals surface area contributed by atoms with E-state index in [1.165, 1.54) is 50.4 Å². The summed E-state index contributed by atoms with van der Waals surface area (Å²) in [5, 5.41) is 3.50. The summed E-state index contributed by atoms with van der Waals surface area (Å²) in [4.78, 5) is 8.46. The summed E-state index contributed by atoms with van der Waals surface area (Å²) in [6.45, 7) is 9.06. The zero-order valence-electron chi connectivity index (χ0n) is 16.4. The first-order valence-corrected chi connectivity index (χ1v) is 9.82. The molecule has 3 N–H and O–H groups in total. The van der Waals surface area contributed by atoms with Gasteiger partial charge in [-0.2, -0.15) is 0 Å². The van der Waals surface area contributed by atoms with Gasteiger partial charge in [-0.05, 0) is 72.8 Å². The van der Waals surface area contributed by atoms with Crippen LogP contribution in [-0.2, 0) is 10.8 Å². The second-order valence-electron chi connectivity index (χ2n) is 8.97. The van der Waals surface area contributed by atoms with Crippen LogP contribution in [-0.4, -0.2) is 9.97 Å². The third-order valence-corrected chi connectivity index (χ3v) is 6.56. The SMILES string of the molecule is Cc1cc(Nc2ncnc(N)c2C)cc2c1C(C)(C)CC21CCCCC1. The van der Waals surface area contributed by atoms with Gasteiger partial charge in [-0.1, -0.05) is 33.1 Å². The van der Waals surface area contributed by atoms with Crippen molar-refractivity contribution in [1.29, 1.82) is 0 Å². The molecular weight excluding hydrogens is 320 g/mol. The highest BCUT2D eigenvalue weighted by atomic mass is 15.0. The predicted octanol–water partition coefficient (Wildman–Crippen LogP) is 5.30. The van der Waals surface area contributed by atoms with Crippen molar-refractivity contribution < 1.29 is 0 Å². The molecular formula is C22H30N4. The van der Waals surface area contributed by atoms with Gasteiger partial charge in [-0.3, -0.25) is 0 Å². The first-order chi connectivity index (χ1) is 12.3. The number of nitrogens with zero attached hydrogens (tertiary/aromatic N) is 2. The Labute approximate surface area is 156 Å². The maximum Gasteiger partial charge on any atom is 0.138 e. The van der Waals surface area contributed by atoms with Gasteiger partial charge in [0.25, 0.3) is 0 Å². The van der Waals surface area contributed by atoms with Crippen LogP contribution >= 0.6 is 0 Å². The van der Waals surface area contributed by atoms with Crippen LogP contribution in [0.5, 0.6) is 0 Å². The average molecular weight is 351 g/mol. The summed E-state index contributed by atoms with van der Waals surface area (Å²) < 4.78 is 0. The molecule has 4 rings (SSSR count). The number of aryl methyl sites for hydroxylation is 1. The number of rotatable bonds is 2. The van der Waals surface area contributed by atoms with Gasteiger partial charge in [0.2, 0.25) is 0 Å². The average Bonchev–Trinajstić information content (AvgIpc) is 2.79. The van der Waals surface area contributed by atoms with Crippen LogP contribution in [0.4, 0.5) is 17.3 Å². The van der Waals surface area contributed by atoms with Crippen LogP contribution in [0.15, 0.2) is 18.5 Å². The van der Waals surface area contributed by atoms with Crippen LogP contribution in [0.1, 0.15) is 74.6 Å². The molecule has 2 aliphatic rings. The minimum Gasteiger partial charge on any atom is -0.383 e. The first kappa shape index (κ1) is 17.3. The molecule has 138 valence electrons. The Bertz CT molecular complexity index is 847. The second-order valence-corrected chi connectivity index (χ2v) is 8.97. The zero-order valence-corrected chi connectivity index (χ0v) is 16.4. The van der Waals surface area contributed by atoms with Crippen molar-refractivity contribution in [3.63, 3.8) is 0 Å². The summed E-state index contributed by atoms with van der Waals surface area (Å²) in [5.74, 6) is 1.33. The predicted molar refractivity (Wildman–Crippen MR) is 108 cm³/mol. The van der Waals surface area contributed by atoms with Crippen molar-refractivity contribution in [2.24, 2.45) is 0 Å². The molecule has 0 aliphatic heterocycles. The fourth-order valence-corrected chi connectivity index (χ4v) is 5.61. The standard InChI is InChI=1S/C22H30N4/c1-14-10-16(26-20-15(2)19(23)24-13-25-20)11-17-18(14)21(3,4)12-22(17)8-6-5-7-9-22/h10-11,13H,5-9,12H2,1-4H3,(H3,23,24,25,26). The molecule has 0 atom stereocenters. The maximum atomic E-state index is 5.95. The highest BCUT2D eigenvalue weighted by molar-refractivity contribution is 5.67. The monoisotopic (exact) mass is 350 g/mol. The molecule has 1 aromatic heterocycles. The molecule has 1 aromatic carbocycles. The van der Waals surface area contributed by atoms with Crippen molar-refractivity contribution in [2.75, 3.05) is 11.1 Å². The lowest BCUT2D eigenvalue weighted by Gasteiger charge is -2.36. The highest BCUT2D eigenvalue weighted by Gasteiger charge is 2.48. The molecule has 2 aromatic rings. The number of nitrogens with two attached hydrogens (primary N) is 1. The van der Waals surface area contributed by atoms with Gasteiger partial charge in [-0.15, -0.1) is 0 Å². The molecule has 0 amide bonds. The van der Waals surface area contributed by atoms with Gasteiger partial charge in [-0.25, -0.2) is 9.97 Å². The number of aromatic nitrogens is 2. The molecule has 0 bridgehead atoms. The smallest absolute Gasteiger partial charge is 0.138 e. The minimum atomic E-state index is 0.255. The summed E-state index contributed by atoms with van der Waals surface area (Å²) in [6, 6.07) is 4.65. The molecule has 0 unspecified atom stereocenters. The van der Waals surface area contributed by atoms with Crippen LogP contribution in [0.2, 0.25) is 0 Å². The fourth-order valence-electron chi connectivity index (χ4n) is 5.61. The van der Waals surface area contributed by atoms with Gasteiger partial charge in [0.05, 0.1) is 0 Å². The van der Waals surface area contributed by atoms with Crippen LogP contribution in [0, 0.1) is 13.8 Å². The quantitative estimate of drug-likeness (QED) is 0.771. The normalized spacial score (nSPS) is 20.2. The van der Waals surface area contributed by atoms with Gasteiger partial charge in [0.15, 0.2) is 0 Å². The molecule has 4 heteroatoms. The summed E-state index contributed by atoms with van der Waals surface area (Å²) in [5.41, 5.74) is 13.1. The van der Waals surface area contributed by atoms with E-state index in [0.29, 0.717) is 11.2 Å². The summed E-state index contributed by atoms with van der Waals surface area (Å²) >= 11 is 0. The van der Waals surface area contributed by atoms with E-state index in [2.05, 4.69) is 48.2 Å². The van der Waals surface area contributed by atoms with Crippen molar-refractivity contribution in [3.05, 3.63) is 40.7 Å². The number of hydrogen-bond donors (Lipinski definition) is 2. The van der Waals surface area contributed by atoms with Gasteiger partial charge >= 0.3 is 0 Å². The molecule has 1 spiro atoms. The van der Waals surface area contributed by atoms with Crippen molar-refractivity contribution in [3.8, 4) is 0 Å². The molecule has 0 saturated heterocycles. The zero-order chi connectivity index (χ0) is 18.5. The Morgan fingerprint density at radius 3 is 2.50 bits per heavy atom. The molecule has 26 heavy (non-hydrogen) atoms. The van der Waals surface area contributed by atoms with E-state index in [-0.39, 0.29) is 5.41 Å². The Hall–Kier alpha value is -2.10. The Morgan fingerprint density at radius 1 is 1.04 bits per heavy atom. The number of anilines is 3. The van der Waals surface area contributed by atoms with Crippen molar-refractivity contribution in [2.45, 2.75) is 77.0 Å². The van der Waals surface area contributed by atoms with Crippen molar-refractivity contribution >= 4 is 17.3 Å². The molecule has 0 radical (unpaired) electrons. The molecule has 1 fully saturated rings. The number of hydrogen-bond acceptors (Lipinski definition) is 4. The largest absolute Gasteiger partial charge is 0.383 e. The van der Waals surface area contributed by atoms with E-state index in [4.69, 9.17) is 5.73 Å². The number of fused-ring (bicyclic) bond motifs is 2. The van der Waals surface area contributed by atoms with E-state index in [0.717, 1.165) is 17.1 Å². The van der Waals surface area contributed by atoms with Crippen molar-refractivity contribution in [1.82, 2.24) is 9.97 Å². The Morgan fingerprint density at radius 2 is 1.77 bits per heavy atom. The van der Waals surface area contributed by atoms with Gasteiger partial charge in [0, 0.05) is 11.3 Å². The van der Waals surface area contributed by atoms with E-state index in [1.54, 1.807) is 11.1 Å². The lowest BCUT2D eigenvalue weighted by atomic mass is 9.69. The Balaban J connectivity index is 1.79. The van der Waals surface area contributed by atoms with E-state index < -0.39 is 0 Å². The topological polar surface area (TPSA) is 63.8 Å². The highest BCUT2D eigenvalue weighted by Crippen LogP contribution is 2.57. The van der Waals surface area contributed by atoms with Crippen LogP contribution < -0.4 is 11.1 Å². The summed E-state index contributed by atoms with van der Waals surface area (Å²) in [7, 11) is 0. The number of benzene rings is 1. The lowest BCUT2D eigenvalue weighted by molar-refractivity contribution is 0.257. The van der Waals surface area contributed by atoms with E-state index >= 15 is 0 Å². The molecule has 1 saturated carbocycles. The van der Waals surface area contributed by atoms with E-state index in [9.17, 15) is 0 Å².